The van der Waals surface area contributed by atoms with Crippen molar-refractivity contribution in [3.8, 4) is 0 Å². The van der Waals surface area contributed by atoms with Gasteiger partial charge in [-0.3, -0.25) is 9.69 Å². The van der Waals surface area contributed by atoms with Crippen LogP contribution in [0.2, 0.25) is 0 Å². The van der Waals surface area contributed by atoms with Gasteiger partial charge < -0.3 is 9.64 Å². The molecule has 0 N–H and O–H groups in total. The van der Waals surface area contributed by atoms with Gasteiger partial charge in [0.25, 0.3) is 11.8 Å². The number of alkyl halides is 2. The summed E-state index contributed by atoms with van der Waals surface area (Å²) in [4.78, 5) is 23.2. The first-order valence-corrected chi connectivity index (χ1v) is 7.17. The lowest BCUT2D eigenvalue weighted by molar-refractivity contribution is -0.0136. The molecule has 2 fully saturated rings. The van der Waals surface area contributed by atoms with Crippen LogP contribution in [0.3, 0.4) is 0 Å². The molecular weight excluding hydrogens is 294 g/mol. The molecule has 120 valence electrons. The van der Waals surface area contributed by atoms with E-state index in [-0.39, 0.29) is 37.6 Å². The monoisotopic (exact) mass is 312 g/mol. The van der Waals surface area contributed by atoms with Gasteiger partial charge in [0.1, 0.15) is 6.33 Å². The molecular formula is C14H18F2N4O2. The smallest absolute Gasteiger partial charge is 0.262 e. The van der Waals surface area contributed by atoms with Crippen molar-refractivity contribution in [3.05, 3.63) is 24.3 Å². The van der Waals surface area contributed by atoms with Crippen LogP contribution in [0.1, 0.15) is 16.8 Å². The van der Waals surface area contributed by atoms with E-state index in [4.69, 9.17) is 4.74 Å². The molecule has 2 saturated heterocycles. The third kappa shape index (κ3) is 2.93. The molecule has 6 nitrogen and oxygen atoms in total. The molecule has 1 amide bonds. The molecule has 1 aromatic rings. The van der Waals surface area contributed by atoms with Crippen molar-refractivity contribution in [3.63, 3.8) is 0 Å². The molecule has 22 heavy (non-hydrogen) atoms. The summed E-state index contributed by atoms with van der Waals surface area (Å²) in [6.45, 7) is 0.919. The van der Waals surface area contributed by atoms with E-state index in [2.05, 4.69) is 9.97 Å². The van der Waals surface area contributed by atoms with Crippen molar-refractivity contribution >= 4 is 5.91 Å². The number of ether oxygens (including phenoxy) is 1. The number of methoxy groups -OCH3 is 1. The number of carbonyl (C=O) groups is 1. The fourth-order valence-corrected chi connectivity index (χ4v) is 3.12. The molecule has 0 radical (unpaired) electrons. The Morgan fingerprint density at radius 3 is 2.73 bits per heavy atom. The topological polar surface area (TPSA) is 58.6 Å². The Labute approximate surface area is 127 Å². The van der Waals surface area contributed by atoms with Gasteiger partial charge in [0, 0.05) is 51.1 Å². The molecule has 1 aromatic heterocycles. The van der Waals surface area contributed by atoms with Gasteiger partial charge >= 0.3 is 0 Å². The van der Waals surface area contributed by atoms with Gasteiger partial charge in [0.05, 0.1) is 18.7 Å². The van der Waals surface area contributed by atoms with E-state index in [1.54, 1.807) is 9.80 Å². The van der Waals surface area contributed by atoms with E-state index in [1.165, 1.54) is 25.8 Å². The summed E-state index contributed by atoms with van der Waals surface area (Å²) < 4.78 is 32.3. The van der Waals surface area contributed by atoms with Gasteiger partial charge in [-0.2, -0.15) is 0 Å². The summed E-state index contributed by atoms with van der Waals surface area (Å²) in [5.74, 6) is -2.84. The normalized spacial score (nSPS) is 25.2. The standard InChI is InChI=1S/C14H18F2N4O2/c1-22-7-11-2-14(15,16)8-20(11)12-5-19(6-12)13(21)10-3-17-9-18-4-10/h3-4,9,11-12H,2,5-8H2,1H3. The van der Waals surface area contributed by atoms with E-state index < -0.39 is 5.92 Å². The molecule has 0 aromatic carbocycles. The average molecular weight is 312 g/mol. The van der Waals surface area contributed by atoms with Gasteiger partial charge in [-0.1, -0.05) is 0 Å². The highest BCUT2D eigenvalue weighted by Gasteiger charge is 2.50. The fraction of sp³-hybridized carbons (Fsp3) is 0.643. The Morgan fingerprint density at radius 1 is 1.41 bits per heavy atom. The van der Waals surface area contributed by atoms with Crippen LogP contribution in [0.25, 0.3) is 0 Å². The zero-order valence-corrected chi connectivity index (χ0v) is 12.3. The van der Waals surface area contributed by atoms with Crippen molar-refractivity contribution in [1.82, 2.24) is 19.8 Å². The van der Waals surface area contributed by atoms with E-state index in [9.17, 15) is 13.6 Å². The summed E-state index contributed by atoms with van der Waals surface area (Å²) in [7, 11) is 1.51. The molecule has 2 aliphatic rings. The Bertz CT molecular complexity index is 537. The van der Waals surface area contributed by atoms with E-state index in [0.717, 1.165) is 0 Å². The zero-order chi connectivity index (χ0) is 15.7. The number of amides is 1. The van der Waals surface area contributed by atoms with Crippen LogP contribution in [0, 0.1) is 0 Å². The second kappa shape index (κ2) is 5.85. The maximum absolute atomic E-state index is 13.6. The van der Waals surface area contributed by atoms with Crippen molar-refractivity contribution < 1.29 is 18.3 Å². The maximum atomic E-state index is 13.6. The van der Waals surface area contributed by atoms with Crippen molar-refractivity contribution in [2.75, 3.05) is 33.4 Å². The first-order chi connectivity index (χ1) is 10.5. The Kier molecular flexibility index (Phi) is 4.05. The largest absolute Gasteiger partial charge is 0.383 e. The highest BCUT2D eigenvalue weighted by Crippen LogP contribution is 2.35. The Balaban J connectivity index is 1.59. The lowest BCUT2D eigenvalue weighted by Gasteiger charge is -2.45. The summed E-state index contributed by atoms with van der Waals surface area (Å²) in [5, 5.41) is 0. The molecule has 3 heterocycles. The van der Waals surface area contributed by atoms with E-state index in [1.807, 2.05) is 0 Å². The van der Waals surface area contributed by atoms with Crippen LogP contribution in [0.4, 0.5) is 8.78 Å². The SMILES string of the molecule is COCC1CC(F)(F)CN1C1CN(C(=O)c2cncnc2)C1. The molecule has 0 bridgehead atoms. The molecule has 8 heteroatoms. The van der Waals surface area contributed by atoms with Crippen LogP contribution >= 0.6 is 0 Å². The molecule has 1 unspecified atom stereocenters. The van der Waals surface area contributed by atoms with Crippen LogP contribution in [0.5, 0.6) is 0 Å². The van der Waals surface area contributed by atoms with Crippen molar-refractivity contribution in [2.45, 2.75) is 24.4 Å². The maximum Gasteiger partial charge on any atom is 0.262 e. The number of halogens is 2. The number of likely N-dealkylation sites (tertiary alicyclic amines) is 2. The van der Waals surface area contributed by atoms with Gasteiger partial charge in [-0.15, -0.1) is 0 Å². The fourth-order valence-electron chi connectivity index (χ4n) is 3.12. The minimum absolute atomic E-state index is 0.0397. The summed E-state index contributed by atoms with van der Waals surface area (Å²) in [6.07, 6.45) is 4.09. The zero-order valence-electron chi connectivity index (χ0n) is 12.3. The predicted octanol–water partition coefficient (Wildman–Crippen LogP) is 0.657. The second-order valence-electron chi connectivity index (χ2n) is 5.83. The van der Waals surface area contributed by atoms with Crippen LogP contribution in [-0.2, 0) is 4.74 Å². The Hall–Kier alpha value is -1.67. The molecule has 0 spiro atoms. The number of nitrogens with zero attached hydrogens (tertiary/aromatic N) is 4. The van der Waals surface area contributed by atoms with Crippen LogP contribution in [-0.4, -0.2) is 77.0 Å². The number of rotatable bonds is 4. The van der Waals surface area contributed by atoms with Gasteiger partial charge in [-0.25, -0.2) is 18.7 Å². The minimum atomic E-state index is -2.68. The average Bonchev–Trinajstić information content (AvgIpc) is 2.73. The number of hydrogen-bond acceptors (Lipinski definition) is 5. The van der Waals surface area contributed by atoms with Gasteiger partial charge in [0.2, 0.25) is 0 Å². The van der Waals surface area contributed by atoms with Gasteiger partial charge in [-0.05, 0) is 0 Å². The molecule has 1 atom stereocenters. The summed E-state index contributed by atoms with van der Waals surface area (Å²) in [6, 6.07) is -0.329. The molecule has 3 rings (SSSR count). The highest BCUT2D eigenvalue weighted by molar-refractivity contribution is 5.94. The van der Waals surface area contributed by atoms with Crippen molar-refractivity contribution in [2.24, 2.45) is 0 Å². The van der Waals surface area contributed by atoms with Crippen LogP contribution in [0.15, 0.2) is 18.7 Å². The first-order valence-electron chi connectivity index (χ1n) is 7.17. The van der Waals surface area contributed by atoms with Crippen LogP contribution < -0.4 is 0 Å². The third-order valence-electron chi connectivity index (χ3n) is 4.20. The third-order valence-corrected chi connectivity index (χ3v) is 4.20. The Morgan fingerprint density at radius 2 is 2.09 bits per heavy atom. The first kappa shape index (κ1) is 15.2. The number of aromatic nitrogens is 2. The quantitative estimate of drug-likeness (QED) is 0.817. The lowest BCUT2D eigenvalue weighted by atomic mass is 10.0. The summed E-state index contributed by atoms with van der Waals surface area (Å²) in [5.41, 5.74) is 0.418. The van der Waals surface area contributed by atoms with E-state index in [0.29, 0.717) is 18.7 Å². The lowest BCUT2D eigenvalue weighted by Crippen LogP contribution is -2.62. The highest BCUT2D eigenvalue weighted by atomic mass is 19.3. The molecule has 0 aliphatic carbocycles. The predicted molar refractivity (Wildman–Crippen MR) is 73.7 cm³/mol. The van der Waals surface area contributed by atoms with E-state index >= 15 is 0 Å². The number of carbonyl (C=O) groups excluding carboxylic acids is 1. The molecule has 2 aliphatic heterocycles. The molecule has 0 saturated carbocycles. The summed E-state index contributed by atoms with van der Waals surface area (Å²) >= 11 is 0. The van der Waals surface area contributed by atoms with Crippen molar-refractivity contribution in [1.29, 1.82) is 0 Å². The minimum Gasteiger partial charge on any atom is -0.383 e. The van der Waals surface area contributed by atoms with Gasteiger partial charge in [0.15, 0.2) is 0 Å². The number of hydrogen-bond donors (Lipinski definition) is 0. The second-order valence-corrected chi connectivity index (χ2v) is 5.83.